The highest BCUT2D eigenvalue weighted by atomic mass is 32.2. The largest absolute Gasteiger partial charge is 0.359 e. The van der Waals surface area contributed by atoms with Gasteiger partial charge in [0, 0.05) is 12.6 Å². The molecule has 26 heavy (non-hydrogen) atoms. The molecule has 2 aromatic rings. The molecule has 1 saturated carbocycles. The third-order valence-electron chi connectivity index (χ3n) is 5.74. The first-order chi connectivity index (χ1) is 12.6. The molecule has 0 amide bonds. The van der Waals surface area contributed by atoms with Gasteiger partial charge in [0.1, 0.15) is 0 Å². The van der Waals surface area contributed by atoms with Gasteiger partial charge in [-0.1, -0.05) is 36.6 Å². The molecule has 1 aliphatic heterocycles. The molecule has 1 aromatic carbocycles. The van der Waals surface area contributed by atoms with E-state index in [1.165, 1.54) is 37.7 Å². The number of rotatable bonds is 4. The summed E-state index contributed by atoms with van der Waals surface area (Å²) in [4.78, 5) is 0.375. The van der Waals surface area contributed by atoms with Crippen molar-refractivity contribution in [1.29, 1.82) is 0 Å². The van der Waals surface area contributed by atoms with E-state index in [1.54, 1.807) is 16.4 Å². The van der Waals surface area contributed by atoms with Gasteiger partial charge < -0.3 is 4.52 Å². The van der Waals surface area contributed by atoms with Crippen LogP contribution in [-0.4, -0.2) is 24.4 Å². The minimum Gasteiger partial charge on any atom is -0.359 e. The maximum Gasteiger partial charge on any atom is 0.243 e. The van der Waals surface area contributed by atoms with Crippen LogP contribution in [0.5, 0.6) is 0 Å². The van der Waals surface area contributed by atoms with Gasteiger partial charge in [0.2, 0.25) is 10.0 Å². The van der Waals surface area contributed by atoms with E-state index in [2.05, 4.69) is 5.16 Å². The maximum absolute atomic E-state index is 13.2. The van der Waals surface area contributed by atoms with Crippen LogP contribution in [-0.2, 0) is 10.0 Å². The van der Waals surface area contributed by atoms with E-state index >= 15 is 0 Å². The Hall–Kier alpha value is -1.66. The van der Waals surface area contributed by atoms with Crippen LogP contribution >= 0.6 is 0 Å². The summed E-state index contributed by atoms with van der Waals surface area (Å²) in [5.74, 6) is 1.22. The highest BCUT2D eigenvalue weighted by Gasteiger charge is 2.38. The van der Waals surface area contributed by atoms with Crippen molar-refractivity contribution in [3.05, 3.63) is 47.3 Å². The van der Waals surface area contributed by atoms with E-state index in [0.717, 1.165) is 18.5 Å². The molecule has 0 bridgehead atoms. The van der Waals surface area contributed by atoms with Crippen LogP contribution in [0.2, 0.25) is 0 Å². The first kappa shape index (κ1) is 17.7. The number of hydrogen-bond donors (Lipinski definition) is 0. The van der Waals surface area contributed by atoms with Crippen LogP contribution in [0.4, 0.5) is 0 Å². The fourth-order valence-corrected chi connectivity index (χ4v) is 6.00. The average molecular weight is 375 g/mol. The standard InChI is InChI=1S/C20H26N2O3S/c1-15-14-20(25-21-15)19-8-5-13-22(19)26(23,24)18-11-9-17(10-12-18)16-6-3-2-4-7-16/h9-12,14,16,19H,2-8,13H2,1H3/t19-/m0/s1. The highest BCUT2D eigenvalue weighted by molar-refractivity contribution is 7.89. The van der Waals surface area contributed by atoms with E-state index < -0.39 is 10.0 Å². The Labute approximate surface area is 155 Å². The Morgan fingerprint density at radius 2 is 1.77 bits per heavy atom. The molecule has 6 heteroatoms. The van der Waals surface area contributed by atoms with Crippen LogP contribution in [0.15, 0.2) is 39.8 Å². The fourth-order valence-electron chi connectivity index (χ4n) is 4.34. The van der Waals surface area contributed by atoms with Crippen molar-refractivity contribution in [2.24, 2.45) is 0 Å². The van der Waals surface area contributed by atoms with Gasteiger partial charge in [0.15, 0.2) is 5.76 Å². The molecule has 1 saturated heterocycles. The van der Waals surface area contributed by atoms with Gasteiger partial charge in [-0.3, -0.25) is 0 Å². The van der Waals surface area contributed by atoms with Crippen molar-refractivity contribution in [1.82, 2.24) is 9.46 Å². The zero-order valence-corrected chi connectivity index (χ0v) is 16.0. The SMILES string of the molecule is Cc1cc([C@@H]2CCCN2S(=O)(=O)c2ccc(C3CCCCC3)cc2)on1. The average Bonchev–Trinajstić information content (AvgIpc) is 3.31. The zero-order valence-electron chi connectivity index (χ0n) is 15.2. The lowest BCUT2D eigenvalue weighted by Crippen LogP contribution is -2.30. The van der Waals surface area contributed by atoms with Crippen molar-refractivity contribution in [3.63, 3.8) is 0 Å². The van der Waals surface area contributed by atoms with Gasteiger partial charge in [-0.2, -0.15) is 4.31 Å². The first-order valence-corrected chi connectivity index (χ1v) is 11.0. The Bertz CT molecular complexity index is 851. The molecule has 5 nitrogen and oxygen atoms in total. The van der Waals surface area contributed by atoms with Gasteiger partial charge in [-0.05, 0) is 56.2 Å². The molecular formula is C20H26N2O3S. The molecule has 0 radical (unpaired) electrons. The summed E-state index contributed by atoms with van der Waals surface area (Å²) in [5.41, 5.74) is 2.05. The summed E-state index contributed by atoms with van der Waals surface area (Å²) >= 11 is 0. The van der Waals surface area contributed by atoms with E-state index in [1.807, 2.05) is 25.1 Å². The van der Waals surface area contributed by atoms with E-state index in [-0.39, 0.29) is 6.04 Å². The third-order valence-corrected chi connectivity index (χ3v) is 7.66. The van der Waals surface area contributed by atoms with Gasteiger partial charge in [0.05, 0.1) is 16.6 Å². The monoisotopic (exact) mass is 374 g/mol. The van der Waals surface area contributed by atoms with Crippen LogP contribution < -0.4 is 0 Å². The smallest absolute Gasteiger partial charge is 0.243 e. The minimum absolute atomic E-state index is 0.251. The van der Waals surface area contributed by atoms with Gasteiger partial charge in [-0.15, -0.1) is 0 Å². The summed E-state index contributed by atoms with van der Waals surface area (Å²) < 4.78 is 33.3. The number of nitrogens with zero attached hydrogens (tertiary/aromatic N) is 2. The normalized spacial score (nSPS) is 22.7. The molecule has 2 fully saturated rings. The number of hydrogen-bond acceptors (Lipinski definition) is 4. The number of aryl methyl sites for hydroxylation is 1. The third kappa shape index (κ3) is 3.32. The quantitative estimate of drug-likeness (QED) is 0.787. The summed E-state index contributed by atoms with van der Waals surface area (Å²) in [6.45, 7) is 2.38. The van der Waals surface area contributed by atoms with Gasteiger partial charge >= 0.3 is 0 Å². The number of sulfonamides is 1. The van der Waals surface area contributed by atoms with Crippen LogP contribution in [0.25, 0.3) is 0 Å². The Kier molecular flexibility index (Phi) is 4.88. The predicted octanol–water partition coefficient (Wildman–Crippen LogP) is 4.56. The van der Waals surface area contributed by atoms with Crippen LogP contribution in [0, 0.1) is 6.92 Å². The molecule has 1 aromatic heterocycles. The molecule has 1 aliphatic carbocycles. The lowest BCUT2D eigenvalue weighted by molar-refractivity contribution is 0.297. The van der Waals surface area contributed by atoms with Crippen molar-refractivity contribution in [3.8, 4) is 0 Å². The van der Waals surface area contributed by atoms with E-state index in [4.69, 9.17) is 4.52 Å². The van der Waals surface area contributed by atoms with Crippen LogP contribution in [0.1, 0.15) is 73.9 Å². The zero-order chi connectivity index (χ0) is 18.1. The molecule has 1 atom stereocenters. The molecule has 0 unspecified atom stereocenters. The lowest BCUT2D eigenvalue weighted by atomic mass is 9.84. The summed E-state index contributed by atoms with van der Waals surface area (Å²) in [6, 6.07) is 9.16. The molecule has 4 rings (SSSR count). The Balaban J connectivity index is 1.57. The second-order valence-electron chi connectivity index (χ2n) is 7.55. The minimum atomic E-state index is -3.53. The second kappa shape index (κ2) is 7.16. The topological polar surface area (TPSA) is 63.4 Å². The highest BCUT2D eigenvalue weighted by Crippen LogP contribution is 2.38. The van der Waals surface area contributed by atoms with Gasteiger partial charge in [0.25, 0.3) is 0 Å². The Morgan fingerprint density at radius 3 is 2.42 bits per heavy atom. The summed E-state index contributed by atoms with van der Waals surface area (Å²) in [5, 5.41) is 3.92. The van der Waals surface area contributed by atoms with Gasteiger partial charge in [-0.25, -0.2) is 8.42 Å². The number of benzene rings is 1. The van der Waals surface area contributed by atoms with E-state index in [0.29, 0.717) is 23.1 Å². The summed E-state index contributed by atoms with van der Waals surface area (Å²) in [7, 11) is -3.53. The van der Waals surface area contributed by atoms with Crippen LogP contribution in [0.3, 0.4) is 0 Å². The molecule has 2 aliphatic rings. The predicted molar refractivity (Wildman–Crippen MR) is 99.4 cm³/mol. The summed E-state index contributed by atoms with van der Waals surface area (Å²) in [6.07, 6.45) is 7.90. The Morgan fingerprint density at radius 1 is 1.04 bits per heavy atom. The molecule has 0 N–H and O–H groups in total. The molecule has 140 valence electrons. The molecule has 0 spiro atoms. The second-order valence-corrected chi connectivity index (χ2v) is 9.44. The molecule has 2 heterocycles. The fraction of sp³-hybridized carbons (Fsp3) is 0.550. The number of aromatic nitrogens is 1. The lowest BCUT2D eigenvalue weighted by Gasteiger charge is -2.24. The van der Waals surface area contributed by atoms with Crippen molar-refractivity contribution >= 4 is 10.0 Å². The van der Waals surface area contributed by atoms with E-state index in [9.17, 15) is 8.42 Å². The maximum atomic E-state index is 13.2. The molecular weight excluding hydrogens is 348 g/mol. The van der Waals surface area contributed by atoms with Crippen molar-refractivity contribution in [2.45, 2.75) is 68.7 Å². The van der Waals surface area contributed by atoms with Crippen molar-refractivity contribution in [2.75, 3.05) is 6.54 Å². The van der Waals surface area contributed by atoms with Crippen molar-refractivity contribution < 1.29 is 12.9 Å². The first-order valence-electron chi connectivity index (χ1n) is 9.61.